The lowest BCUT2D eigenvalue weighted by atomic mass is 10.0. The SMILES string of the molecule is CCCC1NC(C(C)C)C(=O)N1C1CCN2CCCC12. The summed E-state index contributed by atoms with van der Waals surface area (Å²) < 4.78 is 0. The topological polar surface area (TPSA) is 35.6 Å². The van der Waals surface area contributed by atoms with E-state index >= 15 is 0 Å². The van der Waals surface area contributed by atoms with Crippen LogP contribution >= 0.6 is 0 Å². The van der Waals surface area contributed by atoms with Crippen molar-refractivity contribution in [3.63, 3.8) is 0 Å². The fourth-order valence-corrected chi connectivity index (χ4v) is 4.42. The van der Waals surface area contributed by atoms with Crippen LogP contribution < -0.4 is 5.32 Å². The van der Waals surface area contributed by atoms with Crippen LogP contribution in [0.3, 0.4) is 0 Å². The molecule has 1 amide bonds. The van der Waals surface area contributed by atoms with Gasteiger partial charge in [0.25, 0.3) is 0 Å². The first-order valence-electron chi connectivity index (χ1n) is 8.45. The first kappa shape index (κ1) is 14.3. The molecule has 4 unspecified atom stereocenters. The van der Waals surface area contributed by atoms with Gasteiger partial charge in [-0.3, -0.25) is 15.0 Å². The second kappa shape index (κ2) is 5.64. The number of hydrogen-bond acceptors (Lipinski definition) is 3. The molecule has 1 N–H and O–H groups in total. The van der Waals surface area contributed by atoms with Gasteiger partial charge in [-0.2, -0.15) is 0 Å². The maximum atomic E-state index is 12.9. The molecule has 3 rings (SSSR count). The predicted octanol–water partition coefficient (Wildman–Crippen LogP) is 1.81. The van der Waals surface area contributed by atoms with Gasteiger partial charge < -0.3 is 4.90 Å². The van der Waals surface area contributed by atoms with Crippen molar-refractivity contribution in [3.8, 4) is 0 Å². The van der Waals surface area contributed by atoms with Crippen LogP contribution in [0.25, 0.3) is 0 Å². The van der Waals surface area contributed by atoms with Crippen LogP contribution in [0.5, 0.6) is 0 Å². The molecule has 4 heteroatoms. The minimum absolute atomic E-state index is 0.0296. The number of carbonyl (C=O) groups is 1. The Kier molecular flexibility index (Phi) is 4.04. The fourth-order valence-electron chi connectivity index (χ4n) is 4.42. The fraction of sp³-hybridized carbons (Fsp3) is 0.938. The van der Waals surface area contributed by atoms with Crippen molar-refractivity contribution in [1.29, 1.82) is 0 Å². The van der Waals surface area contributed by atoms with Crippen molar-refractivity contribution >= 4 is 5.91 Å². The molecule has 0 aromatic heterocycles. The van der Waals surface area contributed by atoms with Gasteiger partial charge in [-0.15, -0.1) is 0 Å². The van der Waals surface area contributed by atoms with E-state index in [1.165, 1.54) is 32.4 Å². The van der Waals surface area contributed by atoms with Gasteiger partial charge in [0.2, 0.25) is 5.91 Å². The predicted molar refractivity (Wildman–Crippen MR) is 80.3 cm³/mol. The Bertz CT molecular complexity index is 371. The first-order chi connectivity index (χ1) is 9.63. The monoisotopic (exact) mass is 279 g/mol. The van der Waals surface area contributed by atoms with Gasteiger partial charge in [0.05, 0.1) is 18.2 Å². The number of rotatable bonds is 4. The van der Waals surface area contributed by atoms with Gasteiger partial charge in [0.1, 0.15) is 0 Å². The van der Waals surface area contributed by atoms with Crippen molar-refractivity contribution < 1.29 is 4.79 Å². The molecule has 0 aromatic rings. The molecule has 0 radical (unpaired) electrons. The van der Waals surface area contributed by atoms with Crippen molar-refractivity contribution in [2.45, 2.75) is 77.2 Å². The van der Waals surface area contributed by atoms with Gasteiger partial charge in [0, 0.05) is 12.6 Å². The average molecular weight is 279 g/mol. The highest BCUT2D eigenvalue weighted by Crippen LogP contribution is 2.35. The van der Waals surface area contributed by atoms with Crippen LogP contribution in [0.4, 0.5) is 0 Å². The molecule has 0 aromatic carbocycles. The Balaban J connectivity index is 1.79. The number of nitrogens with zero attached hydrogens (tertiary/aromatic N) is 2. The van der Waals surface area contributed by atoms with E-state index in [4.69, 9.17) is 0 Å². The molecule has 0 aliphatic carbocycles. The maximum absolute atomic E-state index is 12.9. The van der Waals surface area contributed by atoms with E-state index in [1.54, 1.807) is 0 Å². The minimum atomic E-state index is 0.0296. The number of carbonyl (C=O) groups excluding carboxylic acids is 1. The molecular weight excluding hydrogens is 250 g/mol. The normalized spacial score (nSPS) is 38.2. The standard InChI is InChI=1S/C16H29N3O/c1-4-6-14-17-15(11(2)3)16(20)19(14)13-8-10-18-9-5-7-12(13)18/h11-15,17H,4-10H2,1-3H3. The third kappa shape index (κ3) is 2.27. The van der Waals surface area contributed by atoms with E-state index in [1.807, 2.05) is 0 Å². The summed E-state index contributed by atoms with van der Waals surface area (Å²) in [7, 11) is 0. The van der Waals surface area contributed by atoms with E-state index in [9.17, 15) is 4.79 Å². The largest absolute Gasteiger partial charge is 0.321 e. The summed E-state index contributed by atoms with van der Waals surface area (Å²) in [5, 5.41) is 3.61. The van der Waals surface area contributed by atoms with E-state index in [0.29, 0.717) is 23.9 Å². The Morgan fingerprint density at radius 1 is 1.25 bits per heavy atom. The molecule has 0 bridgehead atoms. The maximum Gasteiger partial charge on any atom is 0.241 e. The number of nitrogens with one attached hydrogen (secondary N) is 1. The third-order valence-electron chi connectivity index (χ3n) is 5.38. The lowest BCUT2D eigenvalue weighted by Gasteiger charge is -2.34. The second-order valence-corrected chi connectivity index (χ2v) is 7.04. The summed E-state index contributed by atoms with van der Waals surface area (Å²) in [6.45, 7) is 8.94. The average Bonchev–Trinajstić information content (AvgIpc) is 3.05. The summed E-state index contributed by atoms with van der Waals surface area (Å²) in [6, 6.07) is 1.12. The van der Waals surface area contributed by atoms with Crippen molar-refractivity contribution in [2.24, 2.45) is 5.92 Å². The zero-order valence-corrected chi connectivity index (χ0v) is 13.1. The zero-order chi connectivity index (χ0) is 14.3. The van der Waals surface area contributed by atoms with E-state index in [0.717, 1.165) is 12.8 Å². The van der Waals surface area contributed by atoms with Crippen LogP contribution in [0.1, 0.15) is 52.9 Å². The number of fused-ring (bicyclic) bond motifs is 1. The van der Waals surface area contributed by atoms with Gasteiger partial charge in [-0.25, -0.2) is 0 Å². The molecule has 3 aliphatic heterocycles. The molecule has 3 aliphatic rings. The van der Waals surface area contributed by atoms with Crippen LogP contribution in [0.15, 0.2) is 0 Å². The Morgan fingerprint density at radius 2 is 2.05 bits per heavy atom. The molecule has 3 fully saturated rings. The van der Waals surface area contributed by atoms with Gasteiger partial charge in [-0.1, -0.05) is 27.2 Å². The summed E-state index contributed by atoms with van der Waals surface area (Å²) in [5.41, 5.74) is 0. The molecule has 4 nitrogen and oxygen atoms in total. The molecule has 4 atom stereocenters. The highest BCUT2D eigenvalue weighted by molar-refractivity contribution is 5.85. The number of amides is 1. The molecule has 3 heterocycles. The summed E-state index contributed by atoms with van der Waals surface area (Å²) in [5.74, 6) is 0.741. The van der Waals surface area contributed by atoms with Crippen molar-refractivity contribution in [2.75, 3.05) is 13.1 Å². The first-order valence-corrected chi connectivity index (χ1v) is 8.45. The number of hydrogen-bond donors (Lipinski definition) is 1. The Morgan fingerprint density at radius 3 is 2.75 bits per heavy atom. The zero-order valence-electron chi connectivity index (χ0n) is 13.1. The van der Waals surface area contributed by atoms with Gasteiger partial charge >= 0.3 is 0 Å². The van der Waals surface area contributed by atoms with E-state index in [-0.39, 0.29) is 12.2 Å². The smallest absolute Gasteiger partial charge is 0.241 e. The van der Waals surface area contributed by atoms with E-state index < -0.39 is 0 Å². The Hall–Kier alpha value is -0.610. The van der Waals surface area contributed by atoms with Gasteiger partial charge in [0.15, 0.2) is 0 Å². The minimum Gasteiger partial charge on any atom is -0.321 e. The van der Waals surface area contributed by atoms with E-state index in [2.05, 4.69) is 35.9 Å². The Labute approximate surface area is 122 Å². The molecule has 0 saturated carbocycles. The lowest BCUT2D eigenvalue weighted by Crippen LogP contribution is -2.49. The van der Waals surface area contributed by atoms with Gasteiger partial charge in [-0.05, 0) is 38.1 Å². The quantitative estimate of drug-likeness (QED) is 0.852. The highest BCUT2D eigenvalue weighted by atomic mass is 16.2. The highest BCUT2D eigenvalue weighted by Gasteiger charge is 2.49. The third-order valence-corrected chi connectivity index (χ3v) is 5.38. The van der Waals surface area contributed by atoms with Crippen LogP contribution in [-0.2, 0) is 4.79 Å². The molecular formula is C16H29N3O. The van der Waals surface area contributed by atoms with Crippen LogP contribution in [0, 0.1) is 5.92 Å². The molecule has 3 saturated heterocycles. The molecule has 0 spiro atoms. The second-order valence-electron chi connectivity index (χ2n) is 7.04. The van der Waals surface area contributed by atoms with Crippen molar-refractivity contribution in [3.05, 3.63) is 0 Å². The summed E-state index contributed by atoms with van der Waals surface area (Å²) >= 11 is 0. The van der Waals surface area contributed by atoms with Crippen LogP contribution in [0.2, 0.25) is 0 Å². The summed E-state index contributed by atoms with van der Waals surface area (Å²) in [6.07, 6.45) is 6.24. The summed E-state index contributed by atoms with van der Waals surface area (Å²) in [4.78, 5) is 17.7. The molecule has 114 valence electrons. The van der Waals surface area contributed by atoms with Crippen molar-refractivity contribution in [1.82, 2.24) is 15.1 Å². The lowest BCUT2D eigenvalue weighted by molar-refractivity contribution is -0.133. The van der Waals surface area contributed by atoms with Crippen LogP contribution in [-0.4, -0.2) is 53.1 Å². The molecule has 20 heavy (non-hydrogen) atoms.